The zero-order valence-electron chi connectivity index (χ0n) is 13.7. The second kappa shape index (κ2) is 8.82. The molecule has 0 N–H and O–H groups in total. The van der Waals surface area contributed by atoms with Crippen LogP contribution in [0.2, 0.25) is 0 Å². The first kappa shape index (κ1) is 16.9. The standard InChI is InChI=1S/C19H22N2O2/c1-22-18-9-8-16(14-19(18)23-2)10-12-21(13-11-20)15-17-6-4-3-5-7-17/h3-9,14H,10,12-13,15H2,1-2H3. The Balaban J connectivity index is 2.00. The van der Waals surface area contributed by atoms with Gasteiger partial charge in [0.2, 0.25) is 0 Å². The molecule has 0 saturated heterocycles. The van der Waals surface area contributed by atoms with Crippen molar-refractivity contribution in [3.05, 3.63) is 59.7 Å². The quantitative estimate of drug-likeness (QED) is 0.702. The van der Waals surface area contributed by atoms with Crippen LogP contribution in [-0.4, -0.2) is 32.2 Å². The van der Waals surface area contributed by atoms with Crippen LogP contribution >= 0.6 is 0 Å². The van der Waals surface area contributed by atoms with Crippen molar-refractivity contribution in [2.45, 2.75) is 13.0 Å². The first-order chi connectivity index (χ1) is 11.3. The Morgan fingerprint density at radius 1 is 0.957 bits per heavy atom. The van der Waals surface area contributed by atoms with Gasteiger partial charge in [0.05, 0.1) is 26.8 Å². The van der Waals surface area contributed by atoms with Crippen LogP contribution in [0.15, 0.2) is 48.5 Å². The lowest BCUT2D eigenvalue weighted by Gasteiger charge is -2.19. The Labute approximate surface area is 137 Å². The van der Waals surface area contributed by atoms with Gasteiger partial charge in [-0.05, 0) is 29.7 Å². The molecule has 0 aliphatic carbocycles. The van der Waals surface area contributed by atoms with Crippen molar-refractivity contribution in [1.82, 2.24) is 4.90 Å². The monoisotopic (exact) mass is 310 g/mol. The molecule has 0 atom stereocenters. The van der Waals surface area contributed by atoms with Crippen LogP contribution in [-0.2, 0) is 13.0 Å². The van der Waals surface area contributed by atoms with E-state index in [2.05, 4.69) is 23.1 Å². The van der Waals surface area contributed by atoms with E-state index in [1.807, 2.05) is 36.4 Å². The molecule has 120 valence electrons. The molecule has 23 heavy (non-hydrogen) atoms. The number of hydrogen-bond donors (Lipinski definition) is 0. The molecule has 0 amide bonds. The lowest BCUT2D eigenvalue weighted by atomic mass is 10.1. The number of benzene rings is 2. The second-order valence-corrected chi connectivity index (χ2v) is 5.29. The summed E-state index contributed by atoms with van der Waals surface area (Å²) in [5, 5.41) is 9.03. The summed E-state index contributed by atoms with van der Waals surface area (Å²) in [6.07, 6.45) is 0.856. The fraction of sp³-hybridized carbons (Fsp3) is 0.316. The summed E-state index contributed by atoms with van der Waals surface area (Å²) in [6.45, 7) is 2.02. The Morgan fingerprint density at radius 3 is 2.35 bits per heavy atom. The molecular weight excluding hydrogens is 288 g/mol. The van der Waals surface area contributed by atoms with E-state index in [9.17, 15) is 0 Å². The van der Waals surface area contributed by atoms with Gasteiger partial charge in [-0.25, -0.2) is 0 Å². The molecule has 0 bridgehead atoms. The van der Waals surface area contributed by atoms with E-state index in [0.29, 0.717) is 6.54 Å². The van der Waals surface area contributed by atoms with Crippen molar-refractivity contribution < 1.29 is 9.47 Å². The number of rotatable bonds is 8. The summed E-state index contributed by atoms with van der Waals surface area (Å²) in [4.78, 5) is 2.14. The first-order valence-corrected chi connectivity index (χ1v) is 7.61. The average Bonchev–Trinajstić information content (AvgIpc) is 2.60. The lowest BCUT2D eigenvalue weighted by Crippen LogP contribution is -2.26. The van der Waals surface area contributed by atoms with Crippen LogP contribution in [0.25, 0.3) is 0 Å². The van der Waals surface area contributed by atoms with Gasteiger partial charge in [0, 0.05) is 13.1 Å². The van der Waals surface area contributed by atoms with Gasteiger partial charge in [-0.3, -0.25) is 4.90 Å². The van der Waals surface area contributed by atoms with Crippen molar-refractivity contribution >= 4 is 0 Å². The molecule has 0 aromatic heterocycles. The Hall–Kier alpha value is -2.51. The maximum atomic E-state index is 9.03. The third-order valence-electron chi connectivity index (χ3n) is 3.71. The van der Waals surface area contributed by atoms with Gasteiger partial charge in [0.15, 0.2) is 11.5 Å². The zero-order chi connectivity index (χ0) is 16.5. The molecule has 2 aromatic rings. The van der Waals surface area contributed by atoms with E-state index < -0.39 is 0 Å². The van der Waals surface area contributed by atoms with Gasteiger partial charge in [0.1, 0.15) is 0 Å². The SMILES string of the molecule is COc1ccc(CCN(CC#N)Cc2ccccc2)cc1OC. The molecule has 0 unspecified atom stereocenters. The van der Waals surface area contributed by atoms with Gasteiger partial charge >= 0.3 is 0 Å². The highest BCUT2D eigenvalue weighted by molar-refractivity contribution is 5.42. The molecule has 0 fully saturated rings. The van der Waals surface area contributed by atoms with E-state index in [1.54, 1.807) is 14.2 Å². The molecule has 0 radical (unpaired) electrons. The smallest absolute Gasteiger partial charge is 0.160 e. The molecule has 0 saturated carbocycles. The predicted octanol–water partition coefficient (Wildman–Crippen LogP) is 3.27. The number of ether oxygens (including phenoxy) is 2. The van der Waals surface area contributed by atoms with E-state index in [4.69, 9.17) is 14.7 Å². The van der Waals surface area contributed by atoms with Gasteiger partial charge < -0.3 is 9.47 Å². The van der Waals surface area contributed by atoms with Gasteiger partial charge in [-0.1, -0.05) is 36.4 Å². The van der Waals surface area contributed by atoms with Crippen molar-refractivity contribution in [2.24, 2.45) is 0 Å². The van der Waals surface area contributed by atoms with Crippen molar-refractivity contribution in [3.8, 4) is 17.6 Å². The molecule has 0 spiro atoms. The highest BCUT2D eigenvalue weighted by Crippen LogP contribution is 2.27. The maximum absolute atomic E-state index is 9.03. The Bertz CT molecular complexity index is 650. The molecular formula is C19H22N2O2. The number of nitrogens with zero attached hydrogens (tertiary/aromatic N) is 2. The third kappa shape index (κ3) is 5.01. The topological polar surface area (TPSA) is 45.5 Å². The first-order valence-electron chi connectivity index (χ1n) is 7.61. The fourth-order valence-corrected chi connectivity index (χ4v) is 2.48. The van der Waals surface area contributed by atoms with Gasteiger partial charge in [0.25, 0.3) is 0 Å². The van der Waals surface area contributed by atoms with Crippen LogP contribution in [0.1, 0.15) is 11.1 Å². The molecule has 4 heteroatoms. The van der Waals surface area contributed by atoms with Crippen molar-refractivity contribution in [3.63, 3.8) is 0 Å². The Kier molecular flexibility index (Phi) is 6.46. The summed E-state index contributed by atoms with van der Waals surface area (Å²) in [5.41, 5.74) is 2.38. The largest absolute Gasteiger partial charge is 0.493 e. The van der Waals surface area contributed by atoms with E-state index in [1.165, 1.54) is 11.1 Å². The second-order valence-electron chi connectivity index (χ2n) is 5.29. The van der Waals surface area contributed by atoms with Crippen LogP contribution < -0.4 is 9.47 Å². The minimum Gasteiger partial charge on any atom is -0.493 e. The zero-order valence-corrected chi connectivity index (χ0v) is 13.7. The third-order valence-corrected chi connectivity index (χ3v) is 3.71. The Morgan fingerprint density at radius 2 is 1.70 bits per heavy atom. The maximum Gasteiger partial charge on any atom is 0.160 e. The molecule has 0 heterocycles. The summed E-state index contributed by atoms with van der Waals surface area (Å²) in [5.74, 6) is 1.47. The minimum atomic E-state index is 0.419. The summed E-state index contributed by atoms with van der Waals surface area (Å²) in [7, 11) is 3.27. The summed E-state index contributed by atoms with van der Waals surface area (Å²) in [6, 6.07) is 18.4. The van der Waals surface area contributed by atoms with Crippen molar-refractivity contribution in [1.29, 1.82) is 5.26 Å². The number of nitriles is 1. The molecule has 2 rings (SSSR count). The van der Waals surface area contributed by atoms with Gasteiger partial charge in [-0.15, -0.1) is 0 Å². The van der Waals surface area contributed by atoms with Crippen LogP contribution in [0.5, 0.6) is 11.5 Å². The van der Waals surface area contributed by atoms with Gasteiger partial charge in [-0.2, -0.15) is 5.26 Å². The number of methoxy groups -OCH3 is 2. The number of hydrogen-bond acceptors (Lipinski definition) is 4. The van der Waals surface area contributed by atoms with E-state index in [-0.39, 0.29) is 0 Å². The molecule has 0 aliphatic heterocycles. The molecule has 4 nitrogen and oxygen atoms in total. The van der Waals surface area contributed by atoms with Crippen LogP contribution in [0.4, 0.5) is 0 Å². The highest BCUT2D eigenvalue weighted by Gasteiger charge is 2.08. The highest BCUT2D eigenvalue weighted by atomic mass is 16.5. The van der Waals surface area contributed by atoms with Crippen molar-refractivity contribution in [2.75, 3.05) is 27.3 Å². The minimum absolute atomic E-state index is 0.419. The summed E-state index contributed by atoms with van der Waals surface area (Å²) >= 11 is 0. The van der Waals surface area contributed by atoms with E-state index >= 15 is 0 Å². The average molecular weight is 310 g/mol. The molecule has 0 aliphatic rings. The summed E-state index contributed by atoms with van der Waals surface area (Å²) < 4.78 is 10.6. The lowest BCUT2D eigenvalue weighted by molar-refractivity contribution is 0.301. The predicted molar refractivity (Wildman–Crippen MR) is 90.6 cm³/mol. The van der Waals surface area contributed by atoms with Crippen LogP contribution in [0.3, 0.4) is 0 Å². The normalized spacial score (nSPS) is 10.3. The van der Waals surface area contributed by atoms with E-state index in [0.717, 1.165) is 31.0 Å². The van der Waals surface area contributed by atoms with Crippen LogP contribution in [0, 0.1) is 11.3 Å². The fourth-order valence-electron chi connectivity index (χ4n) is 2.48. The molecule has 2 aromatic carbocycles.